The molecule has 0 aliphatic heterocycles. The average Bonchev–Trinajstić information content (AvgIpc) is 2.45. The highest BCUT2D eigenvalue weighted by Gasteiger charge is 2.07. The molecule has 0 unspecified atom stereocenters. The lowest BCUT2D eigenvalue weighted by Gasteiger charge is -2.14. The first-order valence-electron chi connectivity index (χ1n) is 6.63. The van der Waals surface area contributed by atoms with Gasteiger partial charge < -0.3 is 14.8 Å². The van der Waals surface area contributed by atoms with E-state index in [1.807, 2.05) is 7.05 Å². The van der Waals surface area contributed by atoms with E-state index in [9.17, 15) is 0 Å². The Hall–Kier alpha value is -1.58. The van der Waals surface area contributed by atoms with Crippen molar-refractivity contribution in [1.82, 2.24) is 5.32 Å². The van der Waals surface area contributed by atoms with Crippen LogP contribution in [0.2, 0.25) is 0 Å². The first-order chi connectivity index (χ1) is 9.36. The fourth-order valence-corrected chi connectivity index (χ4v) is 2.20. The highest BCUT2D eigenvalue weighted by atomic mass is 16.5. The molecule has 2 aromatic carbocycles. The van der Waals surface area contributed by atoms with Gasteiger partial charge in [0.25, 0.3) is 0 Å². The molecule has 1 N–H and O–H groups in total. The van der Waals surface area contributed by atoms with Crippen LogP contribution in [-0.4, -0.2) is 27.4 Å². The normalized spacial score (nSPS) is 10.8. The van der Waals surface area contributed by atoms with E-state index in [1.165, 1.54) is 16.3 Å². The van der Waals surface area contributed by atoms with Crippen molar-refractivity contribution >= 4 is 10.8 Å². The van der Waals surface area contributed by atoms with Crippen molar-refractivity contribution in [2.45, 2.75) is 13.0 Å². The van der Waals surface area contributed by atoms with Crippen LogP contribution in [0.15, 0.2) is 36.4 Å². The van der Waals surface area contributed by atoms with Crippen LogP contribution in [0.4, 0.5) is 0 Å². The molecule has 0 bridgehead atoms. The number of rotatable bonds is 7. The van der Waals surface area contributed by atoms with Gasteiger partial charge in [-0.05, 0) is 23.9 Å². The molecule has 2 rings (SSSR count). The van der Waals surface area contributed by atoms with E-state index < -0.39 is 0 Å². The van der Waals surface area contributed by atoms with Crippen molar-refractivity contribution in [3.63, 3.8) is 0 Å². The number of ether oxygens (including phenoxy) is 2. The van der Waals surface area contributed by atoms with Gasteiger partial charge >= 0.3 is 0 Å². The van der Waals surface area contributed by atoms with E-state index in [4.69, 9.17) is 9.47 Å². The van der Waals surface area contributed by atoms with Crippen molar-refractivity contribution in [3.05, 3.63) is 42.0 Å². The zero-order valence-corrected chi connectivity index (χ0v) is 11.6. The smallest absolute Gasteiger partial charge is 0.124 e. The molecule has 0 amide bonds. The topological polar surface area (TPSA) is 30.5 Å². The molecule has 19 heavy (non-hydrogen) atoms. The summed E-state index contributed by atoms with van der Waals surface area (Å²) in [4.78, 5) is 0. The summed E-state index contributed by atoms with van der Waals surface area (Å²) in [6.45, 7) is 2.22. The van der Waals surface area contributed by atoms with Crippen LogP contribution in [0, 0.1) is 0 Å². The van der Waals surface area contributed by atoms with Gasteiger partial charge in [-0.3, -0.25) is 0 Å². The van der Waals surface area contributed by atoms with Gasteiger partial charge in [0.2, 0.25) is 0 Å². The maximum absolute atomic E-state index is 5.88. The lowest BCUT2D eigenvalue weighted by atomic mass is 10.0. The van der Waals surface area contributed by atoms with Gasteiger partial charge in [-0.15, -0.1) is 0 Å². The van der Waals surface area contributed by atoms with Crippen LogP contribution in [-0.2, 0) is 11.3 Å². The zero-order chi connectivity index (χ0) is 13.5. The van der Waals surface area contributed by atoms with Crippen LogP contribution in [0.5, 0.6) is 5.75 Å². The van der Waals surface area contributed by atoms with Crippen LogP contribution in [0.3, 0.4) is 0 Å². The summed E-state index contributed by atoms with van der Waals surface area (Å²) in [5.41, 5.74) is 1.22. The van der Waals surface area contributed by atoms with Gasteiger partial charge in [-0.25, -0.2) is 0 Å². The third-order valence-electron chi connectivity index (χ3n) is 3.10. The Morgan fingerprint density at radius 1 is 1.05 bits per heavy atom. The Bertz CT molecular complexity index is 525. The molecule has 0 spiro atoms. The number of hydrogen-bond acceptors (Lipinski definition) is 3. The summed E-state index contributed by atoms with van der Waals surface area (Å²) < 4.78 is 10.9. The van der Waals surface area contributed by atoms with Crippen molar-refractivity contribution in [2.75, 3.05) is 27.4 Å². The zero-order valence-electron chi connectivity index (χ0n) is 11.6. The fraction of sp³-hybridized carbons (Fsp3) is 0.375. The highest BCUT2D eigenvalue weighted by Crippen LogP contribution is 2.28. The average molecular weight is 259 g/mol. The van der Waals surface area contributed by atoms with E-state index in [1.54, 1.807) is 7.11 Å². The van der Waals surface area contributed by atoms with Crippen LogP contribution in [0.1, 0.15) is 12.0 Å². The molecule has 102 valence electrons. The molecule has 0 heterocycles. The minimum absolute atomic E-state index is 0.683. The lowest BCUT2D eigenvalue weighted by molar-refractivity contribution is 0.172. The first-order valence-corrected chi connectivity index (χ1v) is 6.63. The summed E-state index contributed by atoms with van der Waals surface area (Å²) in [5.74, 6) is 0.962. The number of nitrogens with one attached hydrogen (secondary N) is 1. The maximum Gasteiger partial charge on any atom is 0.124 e. The van der Waals surface area contributed by atoms with Gasteiger partial charge in [0.15, 0.2) is 0 Å². The Morgan fingerprint density at radius 2 is 1.89 bits per heavy atom. The molecule has 2 aromatic rings. The highest BCUT2D eigenvalue weighted by molar-refractivity contribution is 5.87. The van der Waals surface area contributed by atoms with Gasteiger partial charge in [0.1, 0.15) is 5.75 Å². The van der Waals surface area contributed by atoms with Gasteiger partial charge in [-0.1, -0.05) is 30.3 Å². The van der Waals surface area contributed by atoms with Crippen molar-refractivity contribution in [1.29, 1.82) is 0 Å². The molecule has 0 saturated carbocycles. The van der Waals surface area contributed by atoms with Crippen molar-refractivity contribution in [3.8, 4) is 5.75 Å². The monoisotopic (exact) mass is 259 g/mol. The quantitative estimate of drug-likeness (QED) is 0.775. The summed E-state index contributed by atoms with van der Waals surface area (Å²) >= 11 is 0. The summed E-state index contributed by atoms with van der Waals surface area (Å²) in [5, 5.41) is 5.71. The summed E-state index contributed by atoms with van der Waals surface area (Å²) in [6, 6.07) is 12.6. The Balaban J connectivity index is 2.24. The molecule has 0 aromatic heterocycles. The number of fused-ring (bicyclic) bond motifs is 1. The third kappa shape index (κ3) is 3.46. The van der Waals surface area contributed by atoms with E-state index in [0.717, 1.165) is 25.3 Å². The van der Waals surface area contributed by atoms with E-state index in [0.29, 0.717) is 6.61 Å². The molecule has 3 heteroatoms. The van der Waals surface area contributed by atoms with Crippen LogP contribution < -0.4 is 10.1 Å². The van der Waals surface area contributed by atoms with Gasteiger partial charge in [-0.2, -0.15) is 0 Å². The van der Waals surface area contributed by atoms with Crippen LogP contribution >= 0.6 is 0 Å². The van der Waals surface area contributed by atoms with Crippen molar-refractivity contribution in [2.24, 2.45) is 0 Å². The predicted octanol–water partition coefficient (Wildman–Crippen LogP) is 2.97. The Morgan fingerprint density at radius 3 is 2.68 bits per heavy atom. The molecule has 0 atom stereocenters. The molecule has 0 aliphatic carbocycles. The predicted molar refractivity (Wildman–Crippen MR) is 78.7 cm³/mol. The molecular weight excluding hydrogens is 238 g/mol. The number of methoxy groups -OCH3 is 1. The largest absolute Gasteiger partial charge is 0.493 e. The summed E-state index contributed by atoms with van der Waals surface area (Å²) in [6.07, 6.45) is 0.905. The Kier molecular flexibility index (Phi) is 5.19. The standard InChI is InChI=1S/C16H21NO2/c1-17-12-15-14-7-4-3-6-13(14)8-9-16(15)19-11-5-10-18-2/h3-4,6-9,17H,5,10-12H2,1-2H3. The molecular formula is C16H21NO2. The maximum atomic E-state index is 5.88. The molecule has 3 nitrogen and oxygen atoms in total. The number of benzene rings is 2. The molecule has 0 fully saturated rings. The van der Waals surface area contributed by atoms with E-state index in [2.05, 4.69) is 41.7 Å². The second-order valence-corrected chi connectivity index (χ2v) is 4.49. The molecule has 0 radical (unpaired) electrons. The molecule has 0 aliphatic rings. The lowest BCUT2D eigenvalue weighted by Crippen LogP contribution is -2.09. The first kappa shape index (κ1) is 13.8. The second-order valence-electron chi connectivity index (χ2n) is 4.49. The van der Waals surface area contributed by atoms with Gasteiger partial charge in [0.05, 0.1) is 6.61 Å². The van der Waals surface area contributed by atoms with E-state index in [-0.39, 0.29) is 0 Å². The fourth-order valence-electron chi connectivity index (χ4n) is 2.20. The minimum atomic E-state index is 0.683. The second kappa shape index (κ2) is 7.12. The number of hydrogen-bond donors (Lipinski definition) is 1. The van der Waals surface area contributed by atoms with Crippen LogP contribution in [0.25, 0.3) is 10.8 Å². The third-order valence-corrected chi connectivity index (χ3v) is 3.10. The van der Waals surface area contributed by atoms with Crippen molar-refractivity contribution < 1.29 is 9.47 Å². The summed E-state index contributed by atoms with van der Waals surface area (Å²) in [7, 11) is 3.67. The Labute approximate surface area is 114 Å². The SMILES string of the molecule is CNCc1c(OCCCOC)ccc2ccccc12. The minimum Gasteiger partial charge on any atom is -0.493 e. The molecule has 0 saturated heterocycles. The van der Waals surface area contributed by atoms with E-state index >= 15 is 0 Å². The van der Waals surface area contributed by atoms with Gasteiger partial charge in [0, 0.05) is 32.2 Å².